The van der Waals surface area contributed by atoms with Gasteiger partial charge in [0.2, 0.25) is 5.91 Å². The van der Waals surface area contributed by atoms with E-state index in [9.17, 15) is 9.59 Å². The average molecular weight is 492 g/mol. The normalized spacial score (nSPS) is 11.8. The van der Waals surface area contributed by atoms with Crippen molar-refractivity contribution in [1.82, 2.24) is 34.8 Å². The van der Waals surface area contributed by atoms with E-state index >= 15 is 0 Å². The number of carbonyl (C=O) groups excluding carboxylic acids is 2. The number of nitrogens with zero attached hydrogens (tertiary/aromatic N) is 4. The van der Waals surface area contributed by atoms with Gasteiger partial charge in [-0.25, -0.2) is 9.36 Å². The summed E-state index contributed by atoms with van der Waals surface area (Å²) in [5.41, 5.74) is 3.85. The fourth-order valence-electron chi connectivity index (χ4n) is 3.83. The van der Waals surface area contributed by atoms with Crippen LogP contribution in [0.2, 0.25) is 0 Å². The molecule has 3 N–H and O–H groups in total. The number of hydrogen-bond donors (Lipinski definition) is 3. The molecule has 1 aromatic carbocycles. The second-order valence-corrected chi connectivity index (χ2v) is 9.14. The molecule has 0 aliphatic heterocycles. The van der Waals surface area contributed by atoms with E-state index in [1.807, 2.05) is 43.6 Å². The molecule has 0 bridgehead atoms. The van der Waals surface area contributed by atoms with Crippen LogP contribution in [0.4, 0.5) is 0 Å². The molecule has 2 amide bonds. The summed E-state index contributed by atoms with van der Waals surface area (Å²) in [6, 6.07) is 11.6. The number of hydrogen-bond acceptors (Lipinski definition) is 6. The van der Waals surface area contributed by atoms with Crippen LogP contribution in [0.1, 0.15) is 53.6 Å². The Morgan fingerprint density at radius 1 is 1.09 bits per heavy atom. The minimum atomic E-state index is -0.272. The number of H-pyrrole nitrogens is 1. The van der Waals surface area contributed by atoms with E-state index in [1.165, 1.54) is 11.5 Å². The van der Waals surface area contributed by atoms with E-state index in [-0.39, 0.29) is 17.9 Å². The Bertz CT molecular complexity index is 1250. The fourth-order valence-corrected chi connectivity index (χ4v) is 4.32. The summed E-state index contributed by atoms with van der Waals surface area (Å²) in [7, 11) is 3.55. The van der Waals surface area contributed by atoms with E-state index in [4.69, 9.17) is 0 Å². The number of aromatic nitrogens is 5. The highest BCUT2D eigenvalue weighted by Gasteiger charge is 2.20. The molecule has 0 saturated carbocycles. The zero-order valence-corrected chi connectivity index (χ0v) is 20.6. The van der Waals surface area contributed by atoms with Gasteiger partial charge in [-0.3, -0.25) is 14.3 Å². The molecule has 0 saturated heterocycles. The zero-order valence-electron chi connectivity index (χ0n) is 19.8. The number of aryl methyl sites for hydroxylation is 1. The first-order valence-electron chi connectivity index (χ1n) is 11.6. The van der Waals surface area contributed by atoms with Crippen molar-refractivity contribution in [2.75, 3.05) is 7.05 Å². The lowest BCUT2D eigenvalue weighted by Gasteiger charge is -2.16. The number of benzene rings is 1. The van der Waals surface area contributed by atoms with Gasteiger partial charge in [0.15, 0.2) is 0 Å². The zero-order chi connectivity index (χ0) is 24.6. The molecule has 0 radical (unpaired) electrons. The summed E-state index contributed by atoms with van der Waals surface area (Å²) in [6.45, 7) is 0. The summed E-state index contributed by atoms with van der Waals surface area (Å²) in [5.74, 6) is 0.586. The minimum Gasteiger partial charge on any atom is -0.359 e. The summed E-state index contributed by atoms with van der Waals surface area (Å²) in [6.07, 6.45) is 9.11. The van der Waals surface area contributed by atoms with Crippen LogP contribution in [-0.2, 0) is 11.8 Å². The molecule has 3 aromatic heterocycles. The number of imidazole rings is 1. The van der Waals surface area contributed by atoms with Crippen LogP contribution >= 0.6 is 11.5 Å². The predicted molar refractivity (Wildman–Crippen MR) is 136 cm³/mol. The molecule has 9 nitrogen and oxygen atoms in total. The molecule has 0 aliphatic rings. The van der Waals surface area contributed by atoms with E-state index in [0.29, 0.717) is 23.5 Å². The Kier molecular flexibility index (Phi) is 8.04. The van der Waals surface area contributed by atoms with Crippen LogP contribution in [0.3, 0.4) is 0 Å². The third-order valence-corrected chi connectivity index (χ3v) is 6.52. The molecule has 0 fully saturated rings. The van der Waals surface area contributed by atoms with Crippen molar-refractivity contribution < 1.29 is 9.59 Å². The Morgan fingerprint density at radius 2 is 1.89 bits per heavy atom. The van der Waals surface area contributed by atoms with Crippen molar-refractivity contribution in [1.29, 1.82) is 0 Å². The topological polar surface area (TPSA) is 118 Å². The Morgan fingerprint density at radius 3 is 2.57 bits per heavy atom. The lowest BCUT2D eigenvalue weighted by molar-refractivity contribution is -0.120. The lowest BCUT2D eigenvalue weighted by atomic mass is 10.1. The molecule has 1 atom stereocenters. The maximum Gasteiger partial charge on any atom is 0.263 e. The third-order valence-electron chi connectivity index (χ3n) is 5.77. The maximum absolute atomic E-state index is 12.7. The summed E-state index contributed by atoms with van der Waals surface area (Å²) < 4.78 is 5.80. The van der Waals surface area contributed by atoms with Crippen molar-refractivity contribution in [3.05, 3.63) is 65.7 Å². The average Bonchev–Trinajstić information content (AvgIpc) is 3.65. The van der Waals surface area contributed by atoms with E-state index in [1.54, 1.807) is 30.2 Å². The van der Waals surface area contributed by atoms with Crippen LogP contribution in [0, 0.1) is 0 Å². The van der Waals surface area contributed by atoms with Crippen LogP contribution < -0.4 is 10.6 Å². The number of aromatic amines is 1. The first-order valence-corrected chi connectivity index (χ1v) is 12.4. The Hall–Kier alpha value is -3.79. The SMILES string of the molecule is CNC(=O)CCCCC[C@H](NC(=O)c1ccns1)c1ncc(-c2ccc(-c3ccn(C)n3)cc2)[nH]1. The second-order valence-electron chi connectivity index (χ2n) is 8.31. The molecule has 4 rings (SSSR count). The van der Waals surface area contributed by atoms with Gasteiger partial charge in [0.25, 0.3) is 5.91 Å². The van der Waals surface area contributed by atoms with Gasteiger partial charge in [-0.1, -0.05) is 37.1 Å². The van der Waals surface area contributed by atoms with Crippen molar-refractivity contribution in [2.45, 2.75) is 38.1 Å². The van der Waals surface area contributed by atoms with Gasteiger partial charge < -0.3 is 15.6 Å². The van der Waals surface area contributed by atoms with Gasteiger partial charge in [0, 0.05) is 38.5 Å². The molecule has 4 aromatic rings. The molecular weight excluding hydrogens is 462 g/mol. The Balaban J connectivity index is 1.45. The quantitative estimate of drug-likeness (QED) is 0.273. The van der Waals surface area contributed by atoms with Crippen molar-refractivity contribution >= 4 is 23.3 Å². The van der Waals surface area contributed by atoms with Gasteiger partial charge in [0.1, 0.15) is 10.7 Å². The molecule has 3 heterocycles. The highest BCUT2D eigenvalue weighted by atomic mass is 32.1. The standard InChI is InChI=1S/C25H29N7O2S/c1-26-23(33)7-5-3-4-6-20(30-25(34)22-12-14-28-35-22)24-27-16-21(29-24)18-10-8-17(9-11-18)19-13-15-32(2)31-19/h8-16,20H,3-7H2,1-2H3,(H,26,33)(H,27,29)(H,30,34)/t20-/m0/s1. The third kappa shape index (κ3) is 6.42. The minimum absolute atomic E-state index is 0.0461. The first-order chi connectivity index (χ1) is 17.0. The molecule has 0 spiro atoms. The maximum atomic E-state index is 12.7. The lowest BCUT2D eigenvalue weighted by Crippen LogP contribution is -2.28. The first kappa shape index (κ1) is 24.3. The van der Waals surface area contributed by atoms with E-state index < -0.39 is 0 Å². The summed E-state index contributed by atoms with van der Waals surface area (Å²) >= 11 is 1.17. The van der Waals surface area contributed by atoms with Gasteiger partial charge in [0.05, 0.1) is 23.6 Å². The highest BCUT2D eigenvalue weighted by Crippen LogP contribution is 2.25. The van der Waals surface area contributed by atoms with Crippen LogP contribution in [0.5, 0.6) is 0 Å². The number of nitrogens with one attached hydrogen (secondary N) is 3. The molecular formula is C25H29N7O2S. The van der Waals surface area contributed by atoms with Gasteiger partial charge in [-0.15, -0.1) is 0 Å². The number of carbonyl (C=O) groups is 2. The summed E-state index contributed by atoms with van der Waals surface area (Å²) in [5, 5.41) is 10.2. The molecule has 0 aliphatic carbocycles. The highest BCUT2D eigenvalue weighted by molar-refractivity contribution is 7.08. The summed E-state index contributed by atoms with van der Waals surface area (Å²) in [4.78, 5) is 32.7. The molecule has 182 valence electrons. The molecule has 10 heteroatoms. The van der Waals surface area contributed by atoms with Crippen molar-refractivity contribution in [3.63, 3.8) is 0 Å². The van der Waals surface area contributed by atoms with Crippen molar-refractivity contribution in [2.24, 2.45) is 7.05 Å². The smallest absolute Gasteiger partial charge is 0.263 e. The number of rotatable bonds is 11. The van der Waals surface area contributed by atoms with Crippen LogP contribution in [0.25, 0.3) is 22.5 Å². The van der Waals surface area contributed by atoms with Gasteiger partial charge >= 0.3 is 0 Å². The van der Waals surface area contributed by atoms with Crippen molar-refractivity contribution in [3.8, 4) is 22.5 Å². The Labute approximate surface area is 208 Å². The van der Waals surface area contributed by atoms with E-state index in [2.05, 4.69) is 30.1 Å². The van der Waals surface area contributed by atoms with Gasteiger partial charge in [-0.05, 0) is 42.1 Å². The fraction of sp³-hybridized carbons (Fsp3) is 0.320. The number of unbranched alkanes of at least 4 members (excludes halogenated alkanes) is 2. The monoisotopic (exact) mass is 491 g/mol. The van der Waals surface area contributed by atoms with E-state index in [0.717, 1.165) is 41.8 Å². The number of amides is 2. The molecule has 35 heavy (non-hydrogen) atoms. The largest absolute Gasteiger partial charge is 0.359 e. The van der Waals surface area contributed by atoms with Gasteiger partial charge in [-0.2, -0.15) is 5.10 Å². The van der Waals surface area contributed by atoms with Crippen LogP contribution in [-0.4, -0.2) is 43.0 Å². The predicted octanol–water partition coefficient (Wildman–Crippen LogP) is 4.10. The second kappa shape index (κ2) is 11.6. The molecule has 0 unspecified atom stereocenters. The van der Waals surface area contributed by atoms with Crippen LogP contribution in [0.15, 0.2) is 55.0 Å².